The molecule has 3 aromatic rings. The summed E-state index contributed by atoms with van der Waals surface area (Å²) >= 11 is 15.7. The lowest BCUT2D eigenvalue weighted by Gasteiger charge is -2.32. The molecule has 1 N–H and O–H groups in total. The molecule has 3 rings (SSSR count). The van der Waals surface area contributed by atoms with E-state index in [1.807, 2.05) is 13.8 Å². The first kappa shape index (κ1) is 30.9. The zero-order valence-electron chi connectivity index (χ0n) is 21.8. The molecule has 39 heavy (non-hydrogen) atoms. The highest BCUT2D eigenvalue weighted by molar-refractivity contribution is 9.10. The Morgan fingerprint density at radius 3 is 2.26 bits per heavy atom. The smallest absolute Gasteiger partial charge is 0.264 e. The molecular formula is C28H30BrCl2N3O4S. The molecular weight excluding hydrogens is 625 g/mol. The second-order valence-corrected chi connectivity index (χ2v) is 12.7. The Morgan fingerprint density at radius 1 is 0.949 bits per heavy atom. The van der Waals surface area contributed by atoms with Gasteiger partial charge in [-0.1, -0.05) is 76.4 Å². The number of hydrogen-bond acceptors (Lipinski definition) is 4. The fourth-order valence-corrected chi connectivity index (χ4v) is 5.90. The van der Waals surface area contributed by atoms with Crippen molar-refractivity contribution >= 4 is 66.7 Å². The summed E-state index contributed by atoms with van der Waals surface area (Å²) in [4.78, 5) is 28.4. The molecule has 7 nitrogen and oxygen atoms in total. The van der Waals surface area contributed by atoms with Crippen molar-refractivity contribution in [3.05, 3.63) is 92.9 Å². The van der Waals surface area contributed by atoms with Crippen LogP contribution in [0.3, 0.4) is 0 Å². The Balaban J connectivity index is 2.03. The molecule has 0 bridgehead atoms. The van der Waals surface area contributed by atoms with Crippen molar-refractivity contribution in [3.63, 3.8) is 0 Å². The molecule has 0 heterocycles. The molecule has 2 atom stereocenters. The van der Waals surface area contributed by atoms with Crippen LogP contribution in [0.2, 0.25) is 10.0 Å². The van der Waals surface area contributed by atoms with Crippen LogP contribution in [-0.2, 0) is 26.2 Å². The third kappa shape index (κ3) is 7.97. The molecule has 0 aromatic heterocycles. The maximum Gasteiger partial charge on any atom is 0.264 e. The van der Waals surface area contributed by atoms with Gasteiger partial charge in [-0.3, -0.25) is 13.9 Å². The Bertz CT molecular complexity index is 1420. The molecule has 0 aliphatic heterocycles. The lowest BCUT2D eigenvalue weighted by Crippen LogP contribution is -2.52. The van der Waals surface area contributed by atoms with Crippen molar-refractivity contribution in [2.24, 2.45) is 0 Å². The van der Waals surface area contributed by atoms with Crippen LogP contribution in [-0.4, -0.2) is 43.8 Å². The second-order valence-electron chi connectivity index (χ2n) is 9.07. The normalized spacial score (nSPS) is 12.9. The van der Waals surface area contributed by atoms with E-state index in [9.17, 15) is 18.0 Å². The van der Waals surface area contributed by atoms with Crippen LogP contribution in [0.1, 0.15) is 32.8 Å². The van der Waals surface area contributed by atoms with Gasteiger partial charge in [0, 0.05) is 17.1 Å². The SMILES string of the molecule is CC[C@@H](C)NC(=O)[C@@H](C)N(Cc1ccc(Cl)c(Cl)c1)C(=O)CN(c1cccc(Br)c1)S(=O)(=O)c1ccccc1. The first-order chi connectivity index (χ1) is 18.4. The summed E-state index contributed by atoms with van der Waals surface area (Å²) in [5, 5.41) is 3.56. The van der Waals surface area contributed by atoms with Gasteiger partial charge in [0.2, 0.25) is 11.8 Å². The summed E-state index contributed by atoms with van der Waals surface area (Å²) in [5.74, 6) is -0.912. The van der Waals surface area contributed by atoms with Gasteiger partial charge in [0.05, 0.1) is 20.6 Å². The van der Waals surface area contributed by atoms with Crippen molar-refractivity contribution in [1.82, 2.24) is 10.2 Å². The predicted molar refractivity (Wildman–Crippen MR) is 159 cm³/mol. The molecule has 0 fully saturated rings. The van der Waals surface area contributed by atoms with Crippen LogP contribution < -0.4 is 9.62 Å². The number of carbonyl (C=O) groups excluding carboxylic acids is 2. The van der Waals surface area contributed by atoms with Crippen molar-refractivity contribution in [2.75, 3.05) is 10.8 Å². The van der Waals surface area contributed by atoms with E-state index in [1.54, 1.807) is 67.6 Å². The van der Waals surface area contributed by atoms with E-state index >= 15 is 0 Å². The van der Waals surface area contributed by atoms with Crippen LogP contribution >= 0.6 is 39.1 Å². The number of hydrogen-bond donors (Lipinski definition) is 1. The highest BCUT2D eigenvalue weighted by atomic mass is 79.9. The lowest BCUT2D eigenvalue weighted by atomic mass is 10.1. The van der Waals surface area contributed by atoms with E-state index in [1.165, 1.54) is 17.0 Å². The third-order valence-corrected chi connectivity index (χ3v) is 9.23. The fourth-order valence-electron chi connectivity index (χ4n) is 3.76. The van der Waals surface area contributed by atoms with Crippen LogP contribution in [0.4, 0.5) is 5.69 Å². The molecule has 3 aromatic carbocycles. The topological polar surface area (TPSA) is 86.8 Å². The molecule has 0 aliphatic rings. The quantitative estimate of drug-likeness (QED) is 0.264. The molecule has 2 amide bonds. The average molecular weight is 655 g/mol. The summed E-state index contributed by atoms with van der Waals surface area (Å²) in [6.45, 7) is 4.91. The summed E-state index contributed by atoms with van der Waals surface area (Å²) in [6, 6.07) is 18.5. The average Bonchev–Trinajstić information content (AvgIpc) is 2.92. The summed E-state index contributed by atoms with van der Waals surface area (Å²) < 4.78 is 29.2. The lowest BCUT2D eigenvalue weighted by molar-refractivity contribution is -0.139. The molecule has 0 aliphatic carbocycles. The molecule has 0 saturated carbocycles. The monoisotopic (exact) mass is 653 g/mol. The van der Waals surface area contributed by atoms with Crippen LogP contribution in [0.5, 0.6) is 0 Å². The molecule has 0 radical (unpaired) electrons. The van der Waals surface area contributed by atoms with Gasteiger partial charge in [0.25, 0.3) is 10.0 Å². The molecule has 0 saturated heterocycles. The minimum Gasteiger partial charge on any atom is -0.352 e. The zero-order chi connectivity index (χ0) is 28.7. The molecule has 0 spiro atoms. The number of rotatable bonds is 11. The van der Waals surface area contributed by atoms with Gasteiger partial charge in [0.15, 0.2) is 0 Å². The molecule has 11 heteroatoms. The van der Waals surface area contributed by atoms with Gasteiger partial charge in [-0.2, -0.15) is 0 Å². The van der Waals surface area contributed by atoms with E-state index in [-0.39, 0.29) is 23.4 Å². The van der Waals surface area contributed by atoms with Crippen LogP contribution in [0.25, 0.3) is 0 Å². The fraction of sp³-hybridized carbons (Fsp3) is 0.286. The number of benzene rings is 3. The predicted octanol–water partition coefficient (Wildman–Crippen LogP) is 6.28. The minimum atomic E-state index is -4.13. The van der Waals surface area contributed by atoms with E-state index < -0.39 is 28.5 Å². The largest absolute Gasteiger partial charge is 0.352 e. The Kier molecular flexibility index (Phi) is 10.8. The number of nitrogens with one attached hydrogen (secondary N) is 1. The van der Waals surface area contributed by atoms with Gasteiger partial charge in [-0.15, -0.1) is 0 Å². The Hall–Kier alpha value is -2.59. The van der Waals surface area contributed by atoms with Crippen molar-refractivity contribution in [2.45, 2.75) is 50.7 Å². The van der Waals surface area contributed by atoms with Gasteiger partial charge in [0.1, 0.15) is 12.6 Å². The van der Waals surface area contributed by atoms with Crippen molar-refractivity contribution in [1.29, 1.82) is 0 Å². The maximum atomic E-state index is 13.9. The van der Waals surface area contributed by atoms with E-state index in [2.05, 4.69) is 21.2 Å². The first-order valence-electron chi connectivity index (χ1n) is 12.3. The number of nitrogens with zero attached hydrogens (tertiary/aromatic N) is 2. The van der Waals surface area contributed by atoms with Gasteiger partial charge < -0.3 is 10.2 Å². The highest BCUT2D eigenvalue weighted by Gasteiger charge is 2.32. The van der Waals surface area contributed by atoms with E-state index in [0.717, 1.165) is 4.31 Å². The third-order valence-electron chi connectivity index (χ3n) is 6.21. The summed E-state index contributed by atoms with van der Waals surface area (Å²) in [7, 11) is -4.13. The Morgan fingerprint density at radius 2 is 1.64 bits per heavy atom. The number of carbonyl (C=O) groups is 2. The summed E-state index contributed by atoms with van der Waals surface area (Å²) in [5.41, 5.74) is 0.939. The standard InChI is InChI=1S/C28H30BrCl2N3O4S/c1-4-19(2)32-28(36)20(3)33(17-21-13-14-25(30)26(31)15-21)27(35)18-34(23-10-8-9-22(29)16-23)39(37,38)24-11-6-5-7-12-24/h5-16,19-20H,4,17-18H2,1-3H3,(H,32,36)/t19-,20-/m1/s1. The first-order valence-corrected chi connectivity index (χ1v) is 15.3. The number of anilines is 1. The van der Waals surface area contributed by atoms with Crippen LogP contribution in [0.15, 0.2) is 82.2 Å². The highest BCUT2D eigenvalue weighted by Crippen LogP contribution is 2.28. The second kappa shape index (κ2) is 13.7. The van der Waals surface area contributed by atoms with Crippen molar-refractivity contribution < 1.29 is 18.0 Å². The minimum absolute atomic E-state index is 0.0164. The molecule has 208 valence electrons. The van der Waals surface area contributed by atoms with Gasteiger partial charge in [-0.25, -0.2) is 8.42 Å². The number of amides is 2. The van der Waals surface area contributed by atoms with Gasteiger partial charge in [-0.05, 0) is 68.3 Å². The number of sulfonamides is 1. The van der Waals surface area contributed by atoms with Crippen molar-refractivity contribution in [3.8, 4) is 0 Å². The summed E-state index contributed by atoms with van der Waals surface area (Å²) in [6.07, 6.45) is 0.713. The van der Waals surface area contributed by atoms with Crippen LogP contribution in [0, 0.1) is 0 Å². The van der Waals surface area contributed by atoms with E-state index in [0.29, 0.717) is 32.2 Å². The Labute approximate surface area is 248 Å². The van der Waals surface area contributed by atoms with Gasteiger partial charge >= 0.3 is 0 Å². The van der Waals surface area contributed by atoms with E-state index in [4.69, 9.17) is 23.2 Å². The maximum absolute atomic E-state index is 13.9. The number of halogens is 3. The molecule has 0 unspecified atom stereocenters. The zero-order valence-corrected chi connectivity index (χ0v) is 25.7.